The Morgan fingerprint density at radius 3 is 2.70 bits per heavy atom. The Kier molecular flexibility index (Phi) is 3.46. The third-order valence-corrected chi connectivity index (χ3v) is 2.98. The maximum Gasteiger partial charge on any atom is 0.125 e. The van der Waals surface area contributed by atoms with Gasteiger partial charge in [0.1, 0.15) is 5.82 Å². The van der Waals surface area contributed by atoms with Crippen molar-refractivity contribution in [2.45, 2.75) is 6.54 Å². The van der Waals surface area contributed by atoms with Crippen molar-refractivity contribution >= 4 is 5.69 Å². The summed E-state index contributed by atoms with van der Waals surface area (Å²) in [6, 6.07) is 16.3. The van der Waals surface area contributed by atoms with Crippen molar-refractivity contribution in [3.63, 3.8) is 0 Å². The van der Waals surface area contributed by atoms with Gasteiger partial charge < -0.3 is 5.32 Å². The molecule has 3 rings (SSSR count). The Morgan fingerprint density at radius 1 is 1.05 bits per heavy atom. The minimum atomic E-state index is -0.241. The van der Waals surface area contributed by atoms with Crippen molar-refractivity contribution in [3.05, 3.63) is 78.4 Å². The number of halogens is 1. The maximum atomic E-state index is 13.1. The van der Waals surface area contributed by atoms with Crippen LogP contribution in [0.15, 0.2) is 67.0 Å². The van der Waals surface area contributed by atoms with Crippen LogP contribution in [0, 0.1) is 5.82 Å². The van der Waals surface area contributed by atoms with E-state index in [2.05, 4.69) is 10.4 Å². The van der Waals surface area contributed by atoms with Gasteiger partial charge in [-0.2, -0.15) is 5.10 Å². The molecule has 1 N–H and O–H groups in total. The largest absolute Gasteiger partial charge is 0.381 e. The highest BCUT2D eigenvalue weighted by Gasteiger charge is 2.01. The van der Waals surface area contributed by atoms with Crippen LogP contribution in [0.3, 0.4) is 0 Å². The highest BCUT2D eigenvalue weighted by molar-refractivity contribution is 5.43. The van der Waals surface area contributed by atoms with E-state index in [4.69, 9.17) is 0 Å². The predicted octanol–water partition coefficient (Wildman–Crippen LogP) is 3.62. The molecule has 0 radical (unpaired) electrons. The van der Waals surface area contributed by atoms with Gasteiger partial charge in [-0.1, -0.05) is 24.3 Å². The van der Waals surface area contributed by atoms with Crippen LogP contribution in [0.4, 0.5) is 10.1 Å². The number of nitrogens with one attached hydrogen (secondary N) is 1. The Bertz CT molecular complexity index is 692. The molecule has 0 amide bonds. The van der Waals surface area contributed by atoms with Gasteiger partial charge in [-0.25, -0.2) is 9.07 Å². The normalized spacial score (nSPS) is 10.4. The van der Waals surface area contributed by atoms with E-state index >= 15 is 0 Å². The molecule has 0 aliphatic carbocycles. The molecule has 20 heavy (non-hydrogen) atoms. The van der Waals surface area contributed by atoms with E-state index in [0.29, 0.717) is 6.54 Å². The van der Waals surface area contributed by atoms with E-state index in [9.17, 15) is 4.39 Å². The fraction of sp³-hybridized carbons (Fsp3) is 0.0625. The number of hydrogen-bond donors (Lipinski definition) is 1. The van der Waals surface area contributed by atoms with Crippen molar-refractivity contribution in [1.29, 1.82) is 0 Å². The van der Waals surface area contributed by atoms with E-state index < -0.39 is 0 Å². The second-order valence-corrected chi connectivity index (χ2v) is 4.49. The lowest BCUT2D eigenvalue weighted by molar-refractivity contribution is 0.628. The molecular formula is C16H14FN3. The van der Waals surface area contributed by atoms with Crippen LogP contribution in [0.2, 0.25) is 0 Å². The van der Waals surface area contributed by atoms with Gasteiger partial charge in [0.05, 0.1) is 11.9 Å². The summed E-state index contributed by atoms with van der Waals surface area (Å²) in [4.78, 5) is 0. The number of benzene rings is 2. The van der Waals surface area contributed by atoms with Crippen LogP contribution in [-0.4, -0.2) is 9.78 Å². The Morgan fingerprint density at radius 2 is 1.90 bits per heavy atom. The van der Waals surface area contributed by atoms with Gasteiger partial charge in [0.2, 0.25) is 0 Å². The first-order valence-corrected chi connectivity index (χ1v) is 6.40. The van der Waals surface area contributed by atoms with Gasteiger partial charge in [0.25, 0.3) is 0 Å². The molecule has 4 heteroatoms. The van der Waals surface area contributed by atoms with Crippen molar-refractivity contribution in [2.75, 3.05) is 5.32 Å². The van der Waals surface area contributed by atoms with Gasteiger partial charge in [-0.3, -0.25) is 0 Å². The monoisotopic (exact) mass is 267 g/mol. The molecule has 0 aliphatic rings. The lowest BCUT2D eigenvalue weighted by atomic mass is 10.3. The molecule has 0 bridgehead atoms. The molecule has 3 aromatic rings. The van der Waals surface area contributed by atoms with Gasteiger partial charge in [0.15, 0.2) is 0 Å². The molecule has 0 saturated carbocycles. The average Bonchev–Trinajstić information content (AvgIpc) is 2.95. The molecule has 0 aliphatic heterocycles. The molecule has 0 spiro atoms. The van der Waals surface area contributed by atoms with Gasteiger partial charge in [-0.05, 0) is 30.3 Å². The van der Waals surface area contributed by atoms with Crippen molar-refractivity contribution in [1.82, 2.24) is 9.78 Å². The Labute approximate surface area is 116 Å². The quantitative estimate of drug-likeness (QED) is 0.782. The van der Waals surface area contributed by atoms with Crippen LogP contribution in [0.25, 0.3) is 5.69 Å². The number of para-hydroxylation sites is 1. The SMILES string of the molecule is Fc1cccc(NCc2cnn(-c3ccccc3)c2)c1. The fourth-order valence-electron chi connectivity index (χ4n) is 1.98. The highest BCUT2D eigenvalue weighted by atomic mass is 19.1. The van der Waals surface area contributed by atoms with Crippen LogP contribution < -0.4 is 5.32 Å². The molecule has 1 heterocycles. The first-order chi connectivity index (χ1) is 9.81. The molecule has 1 aromatic heterocycles. The van der Waals surface area contributed by atoms with Crippen LogP contribution in [-0.2, 0) is 6.54 Å². The summed E-state index contributed by atoms with van der Waals surface area (Å²) >= 11 is 0. The summed E-state index contributed by atoms with van der Waals surface area (Å²) in [6.07, 6.45) is 3.76. The summed E-state index contributed by atoms with van der Waals surface area (Å²) in [7, 11) is 0. The number of aromatic nitrogens is 2. The van der Waals surface area contributed by atoms with Gasteiger partial charge in [-0.15, -0.1) is 0 Å². The van der Waals surface area contributed by atoms with Gasteiger partial charge >= 0.3 is 0 Å². The summed E-state index contributed by atoms with van der Waals surface area (Å²) < 4.78 is 14.9. The number of rotatable bonds is 4. The Hall–Kier alpha value is -2.62. The molecule has 0 unspecified atom stereocenters. The number of hydrogen-bond acceptors (Lipinski definition) is 2. The van der Waals surface area contributed by atoms with Crippen molar-refractivity contribution in [2.24, 2.45) is 0 Å². The second-order valence-electron chi connectivity index (χ2n) is 4.49. The number of nitrogens with zero attached hydrogens (tertiary/aromatic N) is 2. The summed E-state index contributed by atoms with van der Waals surface area (Å²) in [5, 5.41) is 7.49. The summed E-state index contributed by atoms with van der Waals surface area (Å²) in [5.41, 5.74) is 2.82. The van der Waals surface area contributed by atoms with E-state index in [1.54, 1.807) is 12.3 Å². The first-order valence-electron chi connectivity index (χ1n) is 6.40. The standard InChI is InChI=1S/C16H14FN3/c17-14-5-4-6-15(9-14)18-10-13-11-19-20(12-13)16-7-2-1-3-8-16/h1-9,11-12,18H,10H2. The maximum absolute atomic E-state index is 13.1. The summed E-state index contributed by atoms with van der Waals surface area (Å²) in [5.74, 6) is -0.241. The van der Waals surface area contributed by atoms with E-state index in [1.807, 2.05) is 47.3 Å². The second kappa shape index (κ2) is 5.57. The topological polar surface area (TPSA) is 29.9 Å². The minimum absolute atomic E-state index is 0.241. The lowest BCUT2D eigenvalue weighted by Crippen LogP contribution is -1.98. The number of anilines is 1. The fourth-order valence-corrected chi connectivity index (χ4v) is 1.98. The van der Waals surface area contributed by atoms with Crippen molar-refractivity contribution in [3.8, 4) is 5.69 Å². The Balaban J connectivity index is 1.69. The van der Waals surface area contributed by atoms with Gasteiger partial charge in [0, 0.05) is 24.0 Å². The minimum Gasteiger partial charge on any atom is -0.381 e. The molecule has 3 nitrogen and oxygen atoms in total. The third kappa shape index (κ3) is 2.85. The van der Waals surface area contributed by atoms with Crippen LogP contribution >= 0.6 is 0 Å². The molecule has 0 atom stereocenters. The zero-order valence-electron chi connectivity index (χ0n) is 10.8. The predicted molar refractivity (Wildman–Crippen MR) is 77.3 cm³/mol. The van der Waals surface area contributed by atoms with Crippen LogP contribution in [0.5, 0.6) is 0 Å². The molecule has 100 valence electrons. The van der Waals surface area contributed by atoms with E-state index in [0.717, 1.165) is 16.9 Å². The summed E-state index contributed by atoms with van der Waals surface area (Å²) in [6.45, 7) is 0.607. The van der Waals surface area contributed by atoms with Crippen LogP contribution in [0.1, 0.15) is 5.56 Å². The zero-order valence-corrected chi connectivity index (χ0v) is 10.8. The highest BCUT2D eigenvalue weighted by Crippen LogP contribution is 2.12. The van der Waals surface area contributed by atoms with Crippen molar-refractivity contribution < 1.29 is 4.39 Å². The molecule has 0 fully saturated rings. The lowest BCUT2D eigenvalue weighted by Gasteiger charge is -2.04. The molecule has 0 saturated heterocycles. The zero-order chi connectivity index (χ0) is 13.8. The molecular weight excluding hydrogens is 253 g/mol. The van der Waals surface area contributed by atoms with E-state index in [-0.39, 0.29) is 5.82 Å². The first kappa shape index (κ1) is 12.4. The van der Waals surface area contributed by atoms with E-state index in [1.165, 1.54) is 12.1 Å². The third-order valence-electron chi connectivity index (χ3n) is 2.98. The molecule has 2 aromatic carbocycles. The smallest absolute Gasteiger partial charge is 0.125 e. The average molecular weight is 267 g/mol.